The molecule has 1 aliphatic heterocycles. The number of rotatable bonds is 9. The van der Waals surface area contributed by atoms with Crippen molar-refractivity contribution in [1.29, 1.82) is 0 Å². The molecule has 0 radical (unpaired) electrons. The third-order valence-electron chi connectivity index (χ3n) is 4.06. The molecule has 5 heteroatoms. The molecule has 1 unspecified atom stereocenters. The van der Waals surface area contributed by atoms with E-state index in [0.717, 1.165) is 19.6 Å². The second-order valence-electron chi connectivity index (χ2n) is 5.63. The molecule has 0 saturated carbocycles. The Kier molecular flexibility index (Phi) is 5.69. The van der Waals surface area contributed by atoms with Gasteiger partial charge in [0.15, 0.2) is 11.0 Å². The van der Waals surface area contributed by atoms with Gasteiger partial charge in [-0.1, -0.05) is 31.9 Å². The van der Waals surface area contributed by atoms with Gasteiger partial charge in [-0.15, -0.1) is 0 Å². The minimum atomic E-state index is -1.42. The van der Waals surface area contributed by atoms with Crippen LogP contribution in [-0.2, 0) is 11.0 Å². The number of hydrogen-bond acceptors (Lipinski definition) is 2. The van der Waals surface area contributed by atoms with E-state index in [0.29, 0.717) is 28.0 Å². The zero-order chi connectivity index (χ0) is 16.9. The lowest BCUT2D eigenvalue weighted by Gasteiger charge is -2.37. The van der Waals surface area contributed by atoms with E-state index in [1.807, 2.05) is 18.2 Å². The highest BCUT2D eigenvalue weighted by Gasteiger charge is 2.36. The molecular formula is C18H23N2O2S+. The molecule has 0 spiro atoms. The van der Waals surface area contributed by atoms with Crippen molar-refractivity contribution in [3.8, 4) is 0 Å². The van der Waals surface area contributed by atoms with Crippen molar-refractivity contribution < 1.29 is 13.5 Å². The Balaban J connectivity index is 2.17. The molecule has 0 N–H and O–H groups in total. The average molecular weight is 331 g/mol. The van der Waals surface area contributed by atoms with Crippen molar-refractivity contribution in [2.24, 2.45) is 0 Å². The number of carbonyl (C=O) groups is 1. The van der Waals surface area contributed by atoms with Crippen LogP contribution < -0.4 is 0 Å². The highest BCUT2D eigenvalue weighted by Crippen LogP contribution is 2.26. The zero-order valence-electron chi connectivity index (χ0n) is 13.3. The van der Waals surface area contributed by atoms with Crippen LogP contribution in [0.3, 0.4) is 0 Å². The largest absolute Gasteiger partial charge is 0.312 e. The van der Waals surface area contributed by atoms with Gasteiger partial charge in [0.25, 0.3) is 5.91 Å². The van der Waals surface area contributed by atoms with E-state index < -0.39 is 11.0 Å². The Hall–Kier alpha value is -1.98. The monoisotopic (exact) mass is 331 g/mol. The quantitative estimate of drug-likeness (QED) is 0.515. The lowest BCUT2D eigenvalue weighted by molar-refractivity contribution is -0.911. The van der Waals surface area contributed by atoms with Crippen LogP contribution in [0.5, 0.6) is 0 Å². The van der Waals surface area contributed by atoms with Gasteiger partial charge in [-0.2, -0.15) is 0 Å². The Morgan fingerprint density at radius 3 is 2.13 bits per heavy atom. The van der Waals surface area contributed by atoms with Crippen LogP contribution in [0.2, 0.25) is 0 Å². The van der Waals surface area contributed by atoms with Crippen LogP contribution in [0.25, 0.3) is 0 Å². The summed E-state index contributed by atoms with van der Waals surface area (Å²) in [6.07, 6.45) is 5.60. The molecule has 122 valence electrons. The van der Waals surface area contributed by atoms with E-state index in [4.69, 9.17) is 0 Å². The highest BCUT2D eigenvalue weighted by atomic mass is 32.2. The molecular weight excluding hydrogens is 308 g/mol. The summed E-state index contributed by atoms with van der Waals surface area (Å²) in [4.78, 5) is 13.1. The fourth-order valence-electron chi connectivity index (χ4n) is 2.93. The Bertz CT molecular complexity index is 593. The van der Waals surface area contributed by atoms with Crippen molar-refractivity contribution in [2.45, 2.75) is 4.90 Å². The number of amides is 1. The van der Waals surface area contributed by atoms with Crippen LogP contribution in [0.1, 0.15) is 10.4 Å². The topological polar surface area (TPSA) is 37.4 Å². The first-order valence-corrected chi connectivity index (χ1v) is 8.70. The number of nitrogens with zero attached hydrogens (tertiary/aromatic N) is 2. The fourth-order valence-corrected chi connectivity index (χ4v) is 4.20. The van der Waals surface area contributed by atoms with Gasteiger partial charge in [0.05, 0.1) is 43.2 Å². The third kappa shape index (κ3) is 3.51. The van der Waals surface area contributed by atoms with E-state index in [9.17, 15) is 9.00 Å². The minimum Gasteiger partial charge on any atom is -0.312 e. The van der Waals surface area contributed by atoms with Crippen LogP contribution >= 0.6 is 0 Å². The number of fused-ring (bicyclic) bond motifs is 1. The van der Waals surface area contributed by atoms with Crippen molar-refractivity contribution in [3.05, 3.63) is 67.8 Å². The lowest BCUT2D eigenvalue weighted by Crippen LogP contribution is -2.52. The molecule has 1 aliphatic rings. The molecule has 1 heterocycles. The van der Waals surface area contributed by atoms with Gasteiger partial charge in [-0.05, 0) is 30.4 Å². The van der Waals surface area contributed by atoms with Gasteiger partial charge in [-0.3, -0.25) is 4.79 Å². The van der Waals surface area contributed by atoms with E-state index in [1.165, 1.54) is 4.31 Å². The first-order chi connectivity index (χ1) is 11.1. The molecule has 0 aromatic heterocycles. The van der Waals surface area contributed by atoms with Gasteiger partial charge in [0, 0.05) is 0 Å². The molecule has 0 aliphatic carbocycles. The summed E-state index contributed by atoms with van der Waals surface area (Å²) in [6.45, 7) is 14.8. The van der Waals surface area contributed by atoms with Gasteiger partial charge in [0.1, 0.15) is 0 Å². The zero-order valence-corrected chi connectivity index (χ0v) is 14.1. The molecule has 4 nitrogen and oxygen atoms in total. The fraction of sp³-hybridized carbons (Fsp3) is 0.278. The molecule has 2 rings (SSSR count). The highest BCUT2D eigenvalue weighted by molar-refractivity contribution is 7.84. The van der Waals surface area contributed by atoms with E-state index in [2.05, 4.69) is 19.7 Å². The van der Waals surface area contributed by atoms with Crippen LogP contribution in [0.4, 0.5) is 0 Å². The average Bonchev–Trinajstić information content (AvgIpc) is 2.78. The molecule has 0 bridgehead atoms. The van der Waals surface area contributed by atoms with Crippen LogP contribution in [0.15, 0.2) is 67.1 Å². The first kappa shape index (κ1) is 17.4. The van der Waals surface area contributed by atoms with Crippen molar-refractivity contribution in [1.82, 2.24) is 4.31 Å². The van der Waals surface area contributed by atoms with Gasteiger partial charge >= 0.3 is 0 Å². The molecule has 23 heavy (non-hydrogen) atoms. The van der Waals surface area contributed by atoms with Gasteiger partial charge in [0.2, 0.25) is 0 Å². The summed E-state index contributed by atoms with van der Waals surface area (Å²) < 4.78 is 14.7. The first-order valence-electron chi connectivity index (χ1n) is 7.59. The second kappa shape index (κ2) is 7.53. The van der Waals surface area contributed by atoms with Crippen molar-refractivity contribution in [3.63, 3.8) is 0 Å². The molecule has 1 atom stereocenters. The maximum atomic E-state index is 12.5. The van der Waals surface area contributed by atoms with Crippen molar-refractivity contribution >= 4 is 16.9 Å². The maximum Gasteiger partial charge on any atom is 0.267 e. The number of quaternary nitrogens is 1. The Morgan fingerprint density at radius 1 is 1.04 bits per heavy atom. The predicted molar refractivity (Wildman–Crippen MR) is 94.2 cm³/mol. The predicted octanol–water partition coefficient (Wildman–Crippen LogP) is 2.54. The van der Waals surface area contributed by atoms with E-state index in [1.54, 1.807) is 24.3 Å². The molecule has 0 saturated heterocycles. The van der Waals surface area contributed by atoms with Gasteiger partial charge < -0.3 is 4.48 Å². The second-order valence-corrected chi connectivity index (χ2v) is 7.01. The minimum absolute atomic E-state index is 0.159. The smallest absolute Gasteiger partial charge is 0.267 e. The summed E-state index contributed by atoms with van der Waals surface area (Å²) in [5.74, 6) is -0.159. The molecule has 1 amide bonds. The van der Waals surface area contributed by atoms with Crippen LogP contribution in [-0.4, -0.2) is 51.6 Å². The third-order valence-corrected chi connectivity index (χ3v) is 5.54. The summed E-state index contributed by atoms with van der Waals surface area (Å²) in [5, 5.41) is 0. The summed E-state index contributed by atoms with van der Waals surface area (Å²) in [5.41, 5.74) is 0.542. The maximum absolute atomic E-state index is 12.5. The number of benzene rings is 1. The standard InChI is InChI=1S/C18H23N2O2S/c1-4-12-20(13-5-2,14-6-3)15-11-19-18(21)16-9-7-8-10-17(16)23(19)22/h4-10H,1-3,11-15H2/q+1. The van der Waals surface area contributed by atoms with Crippen LogP contribution in [0, 0.1) is 0 Å². The molecule has 1 aromatic carbocycles. The van der Waals surface area contributed by atoms with Crippen molar-refractivity contribution in [2.75, 3.05) is 32.7 Å². The van der Waals surface area contributed by atoms with E-state index in [-0.39, 0.29) is 5.91 Å². The van der Waals surface area contributed by atoms with Gasteiger partial charge in [-0.25, -0.2) is 8.51 Å². The normalized spacial score (nSPS) is 17.0. The number of carbonyl (C=O) groups excluding carboxylic acids is 1. The Labute approximate surface area is 140 Å². The molecule has 0 fully saturated rings. The Morgan fingerprint density at radius 2 is 1.61 bits per heavy atom. The molecule has 1 aromatic rings. The van der Waals surface area contributed by atoms with E-state index >= 15 is 0 Å². The summed E-state index contributed by atoms with van der Waals surface area (Å²) in [6, 6.07) is 7.09. The SMILES string of the molecule is C=CC[N+](CC=C)(CC=C)CCN1C(=O)c2ccccc2S1=O. The lowest BCUT2D eigenvalue weighted by atomic mass is 10.2. The number of hydrogen-bond donors (Lipinski definition) is 0. The summed E-state index contributed by atoms with van der Waals surface area (Å²) >= 11 is 0. The summed E-state index contributed by atoms with van der Waals surface area (Å²) in [7, 11) is -1.42.